The van der Waals surface area contributed by atoms with Crippen molar-refractivity contribution in [3.8, 4) is 0 Å². The van der Waals surface area contributed by atoms with E-state index in [0.717, 1.165) is 5.92 Å². The number of alkyl halides is 1. The minimum atomic E-state index is 0.692. The van der Waals surface area contributed by atoms with Gasteiger partial charge in [0.05, 0.1) is 6.20 Å². The Labute approximate surface area is 87.5 Å². The third kappa shape index (κ3) is 1.66. The molecule has 0 bridgehead atoms. The maximum absolute atomic E-state index is 4.22. The first-order valence-electron chi connectivity index (χ1n) is 4.81. The lowest BCUT2D eigenvalue weighted by atomic mass is 9.93. The van der Waals surface area contributed by atoms with Crippen LogP contribution in [0.1, 0.15) is 31.2 Å². The van der Waals surface area contributed by atoms with Crippen molar-refractivity contribution >= 4 is 15.9 Å². The van der Waals surface area contributed by atoms with Crippen LogP contribution in [0.2, 0.25) is 0 Å². The Bertz CT molecular complexity index is 295. The van der Waals surface area contributed by atoms with Crippen molar-refractivity contribution in [2.45, 2.75) is 30.5 Å². The van der Waals surface area contributed by atoms with Crippen LogP contribution in [0.4, 0.5) is 0 Å². The molecule has 72 valence electrons. The fourth-order valence-electron chi connectivity index (χ4n) is 2.22. The number of halogens is 1. The molecule has 0 aliphatic heterocycles. The third-order valence-corrected chi connectivity index (χ3v) is 4.40. The summed E-state index contributed by atoms with van der Waals surface area (Å²) in [5.41, 5.74) is 1.40. The van der Waals surface area contributed by atoms with Gasteiger partial charge in [0.2, 0.25) is 0 Å². The fraction of sp³-hybridized carbons (Fsp3) is 0.700. The van der Waals surface area contributed by atoms with Crippen LogP contribution in [-0.4, -0.2) is 14.6 Å². The molecule has 3 atom stereocenters. The molecule has 1 aromatic rings. The highest BCUT2D eigenvalue weighted by Crippen LogP contribution is 2.42. The van der Waals surface area contributed by atoms with Gasteiger partial charge in [-0.2, -0.15) is 5.10 Å². The third-order valence-electron chi connectivity index (χ3n) is 3.11. The first-order chi connectivity index (χ1) is 6.18. The lowest BCUT2D eigenvalue weighted by Crippen LogP contribution is -2.08. The van der Waals surface area contributed by atoms with Crippen molar-refractivity contribution in [2.24, 2.45) is 13.0 Å². The van der Waals surface area contributed by atoms with E-state index < -0.39 is 0 Å². The normalized spacial score (nSPS) is 33.9. The van der Waals surface area contributed by atoms with Crippen molar-refractivity contribution in [1.29, 1.82) is 0 Å². The molecule has 0 N–H and O–H groups in total. The lowest BCUT2D eigenvalue weighted by molar-refractivity contribution is 0.544. The quantitative estimate of drug-likeness (QED) is 0.693. The van der Waals surface area contributed by atoms with E-state index in [2.05, 4.69) is 34.1 Å². The highest BCUT2D eigenvalue weighted by molar-refractivity contribution is 9.09. The summed E-state index contributed by atoms with van der Waals surface area (Å²) >= 11 is 3.72. The summed E-state index contributed by atoms with van der Waals surface area (Å²) in [7, 11) is 1.98. The summed E-state index contributed by atoms with van der Waals surface area (Å²) in [6, 6.07) is 0. The zero-order valence-electron chi connectivity index (χ0n) is 8.07. The predicted molar refractivity (Wildman–Crippen MR) is 57.1 cm³/mol. The van der Waals surface area contributed by atoms with Gasteiger partial charge in [-0.05, 0) is 30.2 Å². The minimum Gasteiger partial charge on any atom is -0.276 e. The summed E-state index contributed by atoms with van der Waals surface area (Å²) in [5.74, 6) is 1.45. The van der Waals surface area contributed by atoms with Crippen LogP contribution in [0.25, 0.3) is 0 Å². The van der Waals surface area contributed by atoms with Crippen LogP contribution in [-0.2, 0) is 7.05 Å². The second-order valence-corrected chi connectivity index (χ2v) is 5.18. The molecule has 3 unspecified atom stereocenters. The second kappa shape index (κ2) is 3.45. The highest BCUT2D eigenvalue weighted by Gasteiger charge is 2.32. The molecular weight excluding hydrogens is 228 g/mol. The molecule has 1 aromatic heterocycles. The largest absolute Gasteiger partial charge is 0.276 e. The van der Waals surface area contributed by atoms with Crippen molar-refractivity contribution < 1.29 is 0 Å². The maximum Gasteiger partial charge on any atom is 0.0524 e. The zero-order chi connectivity index (χ0) is 9.42. The summed E-state index contributed by atoms with van der Waals surface area (Å²) in [6.07, 6.45) is 6.74. The number of hydrogen-bond acceptors (Lipinski definition) is 1. The first-order valence-corrected chi connectivity index (χ1v) is 5.72. The molecule has 1 aliphatic carbocycles. The van der Waals surface area contributed by atoms with E-state index in [9.17, 15) is 0 Å². The first kappa shape index (κ1) is 9.25. The Morgan fingerprint density at radius 1 is 1.54 bits per heavy atom. The molecule has 0 saturated heterocycles. The molecule has 0 aromatic carbocycles. The van der Waals surface area contributed by atoms with Gasteiger partial charge in [-0.25, -0.2) is 0 Å². The van der Waals surface area contributed by atoms with E-state index >= 15 is 0 Å². The molecule has 1 fully saturated rings. The molecule has 2 nitrogen and oxygen atoms in total. The molecule has 0 radical (unpaired) electrons. The summed E-state index contributed by atoms with van der Waals surface area (Å²) in [4.78, 5) is 0.692. The monoisotopic (exact) mass is 242 g/mol. The topological polar surface area (TPSA) is 17.8 Å². The standard InChI is InChI=1S/C10H15BrN2/c1-7-9(3-4-10(7)11)8-5-12-13(2)6-8/h5-7,9-10H,3-4H2,1-2H3. The molecule has 3 heteroatoms. The highest BCUT2D eigenvalue weighted by atomic mass is 79.9. The minimum absolute atomic E-state index is 0.692. The number of aromatic nitrogens is 2. The maximum atomic E-state index is 4.22. The summed E-state index contributed by atoms with van der Waals surface area (Å²) in [6.45, 7) is 2.32. The van der Waals surface area contributed by atoms with E-state index in [1.54, 1.807) is 0 Å². The van der Waals surface area contributed by atoms with E-state index in [0.29, 0.717) is 10.7 Å². The van der Waals surface area contributed by atoms with Gasteiger partial charge in [0.15, 0.2) is 0 Å². The molecule has 0 spiro atoms. The fourth-order valence-corrected chi connectivity index (χ4v) is 2.85. The Hall–Kier alpha value is -0.310. The average Bonchev–Trinajstić information content (AvgIpc) is 2.62. The van der Waals surface area contributed by atoms with Crippen LogP contribution in [0.5, 0.6) is 0 Å². The van der Waals surface area contributed by atoms with Crippen LogP contribution in [0.3, 0.4) is 0 Å². The van der Waals surface area contributed by atoms with E-state index in [4.69, 9.17) is 0 Å². The van der Waals surface area contributed by atoms with Crippen molar-refractivity contribution in [2.75, 3.05) is 0 Å². The van der Waals surface area contributed by atoms with Gasteiger partial charge in [-0.15, -0.1) is 0 Å². The van der Waals surface area contributed by atoms with Gasteiger partial charge in [0, 0.05) is 18.1 Å². The van der Waals surface area contributed by atoms with Gasteiger partial charge < -0.3 is 0 Å². The molecule has 0 amide bonds. The number of aryl methyl sites for hydroxylation is 1. The lowest BCUT2D eigenvalue weighted by Gasteiger charge is -2.15. The average molecular weight is 243 g/mol. The van der Waals surface area contributed by atoms with Crippen LogP contribution >= 0.6 is 15.9 Å². The number of nitrogens with zero attached hydrogens (tertiary/aromatic N) is 2. The van der Waals surface area contributed by atoms with E-state index in [1.165, 1.54) is 18.4 Å². The van der Waals surface area contributed by atoms with Gasteiger partial charge in [0.25, 0.3) is 0 Å². The van der Waals surface area contributed by atoms with E-state index in [-0.39, 0.29) is 0 Å². The molecule has 2 rings (SSSR count). The van der Waals surface area contributed by atoms with Crippen LogP contribution in [0, 0.1) is 5.92 Å². The van der Waals surface area contributed by atoms with Gasteiger partial charge in [0.1, 0.15) is 0 Å². The molecule has 1 aliphatic rings. The second-order valence-electron chi connectivity index (χ2n) is 4.01. The Morgan fingerprint density at radius 2 is 2.31 bits per heavy atom. The Balaban J connectivity index is 2.18. The molecular formula is C10H15BrN2. The van der Waals surface area contributed by atoms with E-state index in [1.807, 2.05) is 17.9 Å². The Morgan fingerprint density at radius 3 is 2.77 bits per heavy atom. The summed E-state index contributed by atoms with van der Waals surface area (Å²) in [5, 5.41) is 4.22. The SMILES string of the molecule is CC1C(Br)CCC1c1cnn(C)c1. The Kier molecular flexibility index (Phi) is 2.45. The van der Waals surface area contributed by atoms with Crippen LogP contribution in [0.15, 0.2) is 12.4 Å². The molecule has 13 heavy (non-hydrogen) atoms. The number of hydrogen-bond donors (Lipinski definition) is 0. The predicted octanol–water partition coefficient (Wildman–Crippen LogP) is 2.70. The summed E-state index contributed by atoms with van der Waals surface area (Å²) < 4.78 is 1.89. The van der Waals surface area contributed by atoms with Crippen LogP contribution < -0.4 is 0 Å². The van der Waals surface area contributed by atoms with Gasteiger partial charge in [-0.1, -0.05) is 22.9 Å². The van der Waals surface area contributed by atoms with Gasteiger partial charge in [-0.3, -0.25) is 4.68 Å². The molecule has 1 heterocycles. The van der Waals surface area contributed by atoms with Crippen molar-refractivity contribution in [3.63, 3.8) is 0 Å². The van der Waals surface area contributed by atoms with Gasteiger partial charge >= 0.3 is 0 Å². The van der Waals surface area contributed by atoms with Crippen molar-refractivity contribution in [3.05, 3.63) is 18.0 Å². The van der Waals surface area contributed by atoms with Crippen molar-refractivity contribution in [1.82, 2.24) is 9.78 Å². The smallest absolute Gasteiger partial charge is 0.0524 e. The number of rotatable bonds is 1. The zero-order valence-corrected chi connectivity index (χ0v) is 9.66. The molecule has 1 saturated carbocycles.